The van der Waals surface area contributed by atoms with E-state index in [1.165, 1.54) is 5.56 Å². The highest BCUT2D eigenvalue weighted by Crippen LogP contribution is 2.60. The molecular weight excluding hydrogens is 304 g/mol. The molecule has 0 saturated carbocycles. The van der Waals surface area contributed by atoms with Crippen LogP contribution < -0.4 is 9.47 Å². The van der Waals surface area contributed by atoms with Crippen LogP contribution in [0.4, 0.5) is 0 Å². The van der Waals surface area contributed by atoms with Crippen LogP contribution in [0.25, 0.3) is 0 Å². The van der Waals surface area contributed by atoms with Gasteiger partial charge in [0.25, 0.3) is 0 Å². The van der Waals surface area contributed by atoms with Gasteiger partial charge < -0.3 is 14.6 Å². The van der Waals surface area contributed by atoms with E-state index >= 15 is 0 Å². The number of ether oxygens (including phenoxy) is 2. The molecule has 1 spiro atoms. The van der Waals surface area contributed by atoms with Crippen molar-refractivity contribution in [3.63, 3.8) is 0 Å². The van der Waals surface area contributed by atoms with Crippen LogP contribution >= 0.6 is 23.5 Å². The van der Waals surface area contributed by atoms with Gasteiger partial charge in [0.15, 0.2) is 0 Å². The van der Waals surface area contributed by atoms with Crippen LogP contribution in [-0.4, -0.2) is 35.4 Å². The fourth-order valence-corrected chi connectivity index (χ4v) is 6.28. The first-order chi connectivity index (χ1) is 9.86. The molecule has 2 heterocycles. The molecule has 0 bridgehead atoms. The van der Waals surface area contributed by atoms with Gasteiger partial charge in [-0.05, 0) is 38.5 Å². The first kappa shape index (κ1) is 15.4. The van der Waals surface area contributed by atoms with Crippen molar-refractivity contribution in [2.75, 3.05) is 18.6 Å². The highest BCUT2D eigenvalue weighted by atomic mass is 32.2. The van der Waals surface area contributed by atoms with Gasteiger partial charge >= 0.3 is 0 Å². The van der Waals surface area contributed by atoms with Crippen molar-refractivity contribution in [2.45, 2.75) is 43.0 Å². The predicted molar refractivity (Wildman–Crippen MR) is 89.7 cm³/mol. The van der Waals surface area contributed by atoms with Crippen molar-refractivity contribution < 1.29 is 14.6 Å². The topological polar surface area (TPSA) is 38.7 Å². The molecule has 0 radical (unpaired) electrons. The van der Waals surface area contributed by atoms with Gasteiger partial charge in [-0.15, -0.1) is 23.5 Å². The molecule has 1 unspecified atom stereocenters. The molecule has 5 heteroatoms. The molecule has 1 saturated heterocycles. The van der Waals surface area contributed by atoms with Crippen molar-refractivity contribution in [1.29, 1.82) is 0 Å². The van der Waals surface area contributed by atoms with Crippen molar-refractivity contribution in [1.82, 2.24) is 0 Å². The number of hydrogen-bond acceptors (Lipinski definition) is 5. The molecule has 0 amide bonds. The Labute approximate surface area is 134 Å². The van der Waals surface area contributed by atoms with Gasteiger partial charge in [-0.2, -0.15) is 0 Å². The van der Waals surface area contributed by atoms with Gasteiger partial charge in [-0.3, -0.25) is 0 Å². The lowest BCUT2D eigenvalue weighted by Crippen LogP contribution is -2.46. The third-order valence-electron chi connectivity index (χ3n) is 4.17. The first-order valence-corrected chi connectivity index (χ1v) is 9.19. The second kappa shape index (κ2) is 5.28. The summed E-state index contributed by atoms with van der Waals surface area (Å²) in [4.78, 5) is 0. The quantitative estimate of drug-likeness (QED) is 0.899. The average molecular weight is 326 g/mol. The molecule has 1 N–H and O–H groups in total. The number of benzene rings is 1. The average Bonchev–Trinajstić information content (AvgIpc) is 2.86. The maximum absolute atomic E-state index is 10.4. The van der Waals surface area contributed by atoms with Gasteiger partial charge in [0.1, 0.15) is 17.6 Å². The molecule has 3 rings (SSSR count). The lowest BCUT2D eigenvalue weighted by atomic mass is 9.91. The van der Waals surface area contributed by atoms with E-state index in [4.69, 9.17) is 9.47 Å². The Bertz CT molecular complexity index is 545. The van der Waals surface area contributed by atoms with E-state index in [1.807, 2.05) is 50.4 Å². The lowest BCUT2D eigenvalue weighted by Gasteiger charge is -2.43. The van der Waals surface area contributed by atoms with E-state index in [-0.39, 0.29) is 10.2 Å². The van der Waals surface area contributed by atoms with Crippen molar-refractivity contribution >= 4 is 23.5 Å². The Balaban J connectivity index is 2.10. The fraction of sp³-hybridized carbons (Fsp3) is 0.625. The highest BCUT2D eigenvalue weighted by Gasteiger charge is 2.49. The van der Waals surface area contributed by atoms with Gasteiger partial charge in [0.2, 0.25) is 0 Å². The van der Waals surface area contributed by atoms with Crippen molar-refractivity contribution in [2.24, 2.45) is 0 Å². The Hall–Kier alpha value is -0.520. The van der Waals surface area contributed by atoms with Crippen molar-refractivity contribution in [3.05, 3.63) is 23.3 Å². The molecule has 2 aliphatic rings. The van der Waals surface area contributed by atoms with Crippen LogP contribution in [-0.2, 0) is 4.08 Å². The number of thioether (sulfide) groups is 2. The number of aliphatic hydroxyl groups is 1. The van der Waals surface area contributed by atoms with E-state index in [1.54, 1.807) is 7.11 Å². The molecule has 1 aromatic rings. The largest absolute Gasteiger partial charge is 0.496 e. The van der Waals surface area contributed by atoms with Gasteiger partial charge in [-0.1, -0.05) is 0 Å². The Morgan fingerprint density at radius 3 is 2.57 bits per heavy atom. The summed E-state index contributed by atoms with van der Waals surface area (Å²) in [5.74, 6) is 4.08. The summed E-state index contributed by atoms with van der Waals surface area (Å²) in [6.07, 6.45) is 0.640. The summed E-state index contributed by atoms with van der Waals surface area (Å²) >= 11 is 3.94. The van der Waals surface area contributed by atoms with Crippen LogP contribution in [0.2, 0.25) is 0 Å². The molecular formula is C16H22O3S2. The van der Waals surface area contributed by atoms with E-state index in [0.717, 1.165) is 35.0 Å². The number of hydrogen-bond donors (Lipinski definition) is 1. The van der Waals surface area contributed by atoms with Crippen molar-refractivity contribution in [3.8, 4) is 11.5 Å². The minimum Gasteiger partial charge on any atom is -0.496 e. The molecule has 2 aliphatic heterocycles. The van der Waals surface area contributed by atoms with E-state index in [2.05, 4.69) is 6.07 Å². The van der Waals surface area contributed by atoms with E-state index in [9.17, 15) is 5.11 Å². The minimum atomic E-state index is -0.845. The smallest absolute Gasteiger partial charge is 0.129 e. The van der Waals surface area contributed by atoms with Crippen LogP contribution in [0, 0.1) is 6.92 Å². The predicted octanol–water partition coefficient (Wildman–Crippen LogP) is 3.56. The van der Waals surface area contributed by atoms with Crippen LogP contribution in [0.15, 0.2) is 12.1 Å². The number of aryl methyl sites for hydroxylation is 1. The molecule has 1 aromatic carbocycles. The zero-order valence-corrected chi connectivity index (χ0v) is 14.6. The molecule has 0 aromatic heterocycles. The minimum absolute atomic E-state index is 0.0147. The third kappa shape index (κ3) is 2.64. The molecule has 0 aliphatic carbocycles. The van der Waals surface area contributed by atoms with Gasteiger partial charge in [0.05, 0.1) is 16.8 Å². The lowest BCUT2D eigenvalue weighted by molar-refractivity contribution is -0.0446. The summed E-state index contributed by atoms with van der Waals surface area (Å²) < 4.78 is 11.6. The maximum atomic E-state index is 10.4. The normalized spacial score (nSPS) is 23.8. The zero-order chi connectivity index (χ0) is 15.3. The summed E-state index contributed by atoms with van der Waals surface area (Å²) in [5.41, 5.74) is 1.43. The molecule has 1 atom stereocenters. The van der Waals surface area contributed by atoms with Crippen LogP contribution in [0.5, 0.6) is 11.5 Å². The third-order valence-corrected chi connectivity index (χ3v) is 7.66. The summed E-state index contributed by atoms with van der Waals surface area (Å²) in [6.45, 7) is 5.69. The standard InChI is InChI=1S/C16H22O3S2/c1-10-7-13-11(8-12(10)18-4)16(20-5-6-21-16)9-14(19-13)15(2,3)17/h7-8,14,17H,5-6,9H2,1-4H3. The molecule has 1 fully saturated rings. The molecule has 116 valence electrons. The second-order valence-electron chi connectivity index (χ2n) is 6.23. The summed E-state index contributed by atoms with van der Waals surface area (Å²) in [6, 6.07) is 4.17. The second-order valence-corrected chi connectivity index (χ2v) is 9.28. The Kier molecular flexibility index (Phi) is 3.87. The Morgan fingerprint density at radius 2 is 2.00 bits per heavy atom. The fourth-order valence-electron chi connectivity index (χ4n) is 2.95. The zero-order valence-electron chi connectivity index (χ0n) is 12.9. The van der Waals surface area contributed by atoms with Gasteiger partial charge in [0, 0.05) is 23.5 Å². The molecule has 21 heavy (non-hydrogen) atoms. The van der Waals surface area contributed by atoms with Crippen LogP contribution in [0.1, 0.15) is 31.4 Å². The summed E-state index contributed by atoms with van der Waals surface area (Å²) in [7, 11) is 1.71. The monoisotopic (exact) mass is 326 g/mol. The van der Waals surface area contributed by atoms with E-state index < -0.39 is 5.60 Å². The van der Waals surface area contributed by atoms with E-state index in [0.29, 0.717) is 0 Å². The Morgan fingerprint density at radius 1 is 1.33 bits per heavy atom. The summed E-state index contributed by atoms with van der Waals surface area (Å²) in [5, 5.41) is 10.4. The number of methoxy groups -OCH3 is 1. The maximum Gasteiger partial charge on any atom is 0.129 e. The van der Waals surface area contributed by atoms with Gasteiger partial charge in [-0.25, -0.2) is 0 Å². The number of fused-ring (bicyclic) bond motifs is 2. The highest BCUT2D eigenvalue weighted by molar-refractivity contribution is 8.20. The van der Waals surface area contributed by atoms with Crippen LogP contribution in [0.3, 0.4) is 0 Å². The number of rotatable bonds is 2. The first-order valence-electron chi connectivity index (χ1n) is 7.22. The molecule has 3 nitrogen and oxygen atoms in total. The SMILES string of the molecule is COc1cc2c(cc1C)OC(C(C)(C)O)CC21SCCS1.